The Bertz CT molecular complexity index is 240. The summed E-state index contributed by atoms with van der Waals surface area (Å²) in [6.07, 6.45) is 0. The van der Waals surface area contributed by atoms with Crippen molar-refractivity contribution < 1.29 is 9.90 Å². The predicted molar refractivity (Wildman–Crippen MR) is 63.0 cm³/mol. The highest BCUT2D eigenvalue weighted by Gasteiger charge is 2.25. The lowest BCUT2D eigenvalue weighted by atomic mass is 10.1. The lowest BCUT2D eigenvalue weighted by molar-refractivity contribution is -0.134. The standard InChI is InChI=1S/C11H23N3O2/c1-9(12)10(15)14-6-4-13(5-7-14)8-11(2,3)16/h9,16H,4-8,12H2,1-3H3/t9-/m1/s1. The minimum atomic E-state index is -0.673. The van der Waals surface area contributed by atoms with Crippen LogP contribution in [0.5, 0.6) is 0 Å². The highest BCUT2D eigenvalue weighted by atomic mass is 16.3. The van der Waals surface area contributed by atoms with E-state index in [-0.39, 0.29) is 5.91 Å². The van der Waals surface area contributed by atoms with Gasteiger partial charge in [0.2, 0.25) is 5.91 Å². The number of hydrogen-bond donors (Lipinski definition) is 2. The van der Waals surface area contributed by atoms with Crippen molar-refractivity contribution in [3.63, 3.8) is 0 Å². The fourth-order valence-corrected chi connectivity index (χ4v) is 1.96. The van der Waals surface area contributed by atoms with Crippen molar-refractivity contribution in [1.29, 1.82) is 0 Å². The van der Waals surface area contributed by atoms with Gasteiger partial charge < -0.3 is 15.7 Å². The molecule has 3 N–H and O–H groups in total. The van der Waals surface area contributed by atoms with E-state index in [0.29, 0.717) is 19.6 Å². The van der Waals surface area contributed by atoms with Crippen LogP contribution >= 0.6 is 0 Å². The number of nitrogens with zero attached hydrogens (tertiary/aromatic N) is 2. The van der Waals surface area contributed by atoms with Crippen LogP contribution in [0.25, 0.3) is 0 Å². The molecule has 0 aliphatic carbocycles. The topological polar surface area (TPSA) is 69.8 Å². The second-order valence-corrected chi connectivity index (χ2v) is 5.20. The van der Waals surface area contributed by atoms with Gasteiger partial charge in [-0.3, -0.25) is 9.69 Å². The lowest BCUT2D eigenvalue weighted by Gasteiger charge is -2.37. The maximum absolute atomic E-state index is 11.6. The van der Waals surface area contributed by atoms with Crippen LogP contribution in [0.3, 0.4) is 0 Å². The Hall–Kier alpha value is -0.650. The smallest absolute Gasteiger partial charge is 0.239 e. The summed E-state index contributed by atoms with van der Waals surface area (Å²) in [7, 11) is 0. The maximum Gasteiger partial charge on any atom is 0.239 e. The largest absolute Gasteiger partial charge is 0.389 e. The average molecular weight is 229 g/mol. The molecule has 94 valence electrons. The number of nitrogens with two attached hydrogens (primary N) is 1. The Morgan fingerprint density at radius 1 is 1.38 bits per heavy atom. The molecule has 0 radical (unpaired) electrons. The Morgan fingerprint density at radius 3 is 2.25 bits per heavy atom. The van der Waals surface area contributed by atoms with Crippen LogP contribution in [0.4, 0.5) is 0 Å². The molecule has 5 heteroatoms. The third kappa shape index (κ3) is 4.08. The zero-order valence-corrected chi connectivity index (χ0v) is 10.4. The number of carbonyl (C=O) groups is 1. The highest BCUT2D eigenvalue weighted by Crippen LogP contribution is 2.09. The molecule has 0 aromatic carbocycles. The van der Waals surface area contributed by atoms with E-state index >= 15 is 0 Å². The highest BCUT2D eigenvalue weighted by molar-refractivity contribution is 5.81. The molecule has 1 heterocycles. The van der Waals surface area contributed by atoms with Crippen molar-refractivity contribution in [2.45, 2.75) is 32.4 Å². The van der Waals surface area contributed by atoms with Gasteiger partial charge in [0, 0.05) is 32.7 Å². The number of piperazine rings is 1. The van der Waals surface area contributed by atoms with Crippen molar-refractivity contribution in [3.8, 4) is 0 Å². The normalized spacial score (nSPS) is 20.9. The van der Waals surface area contributed by atoms with E-state index in [1.165, 1.54) is 0 Å². The summed E-state index contributed by atoms with van der Waals surface area (Å²) in [5.74, 6) is 0.0166. The van der Waals surface area contributed by atoms with Gasteiger partial charge in [0.05, 0.1) is 11.6 Å². The third-order valence-electron chi connectivity index (χ3n) is 2.68. The first-order valence-electron chi connectivity index (χ1n) is 5.79. The number of β-amino-alcohol motifs (C(OH)–C–C–N with tert-alkyl or cyclic N) is 1. The number of aliphatic hydroxyl groups is 1. The Morgan fingerprint density at radius 2 is 1.88 bits per heavy atom. The molecule has 0 aromatic rings. The van der Waals surface area contributed by atoms with Gasteiger partial charge in [-0.2, -0.15) is 0 Å². The summed E-state index contributed by atoms with van der Waals surface area (Å²) in [5, 5.41) is 9.69. The van der Waals surface area contributed by atoms with E-state index < -0.39 is 11.6 Å². The van der Waals surface area contributed by atoms with Crippen LogP contribution in [-0.4, -0.2) is 65.2 Å². The monoisotopic (exact) mass is 229 g/mol. The molecule has 1 saturated heterocycles. The third-order valence-corrected chi connectivity index (χ3v) is 2.68. The van der Waals surface area contributed by atoms with E-state index in [1.54, 1.807) is 25.7 Å². The first kappa shape index (κ1) is 13.4. The molecule has 1 aliphatic heterocycles. The Kier molecular flexibility index (Phi) is 4.29. The maximum atomic E-state index is 11.6. The molecule has 1 aliphatic rings. The fourth-order valence-electron chi connectivity index (χ4n) is 1.96. The van der Waals surface area contributed by atoms with Crippen molar-refractivity contribution in [3.05, 3.63) is 0 Å². The van der Waals surface area contributed by atoms with Gasteiger partial charge in [0.1, 0.15) is 0 Å². The van der Waals surface area contributed by atoms with Gasteiger partial charge in [0.15, 0.2) is 0 Å². The Labute approximate surface area is 97.2 Å². The van der Waals surface area contributed by atoms with Crippen LogP contribution in [0.1, 0.15) is 20.8 Å². The lowest BCUT2D eigenvalue weighted by Crippen LogP contribution is -2.54. The van der Waals surface area contributed by atoms with Gasteiger partial charge in [0.25, 0.3) is 0 Å². The molecule has 0 bridgehead atoms. The van der Waals surface area contributed by atoms with Gasteiger partial charge in [-0.15, -0.1) is 0 Å². The molecule has 1 atom stereocenters. The summed E-state index contributed by atoms with van der Waals surface area (Å²) in [5.41, 5.74) is 4.89. The second kappa shape index (κ2) is 5.12. The first-order valence-corrected chi connectivity index (χ1v) is 5.79. The number of amides is 1. The summed E-state index contributed by atoms with van der Waals surface area (Å²) in [4.78, 5) is 15.6. The minimum absolute atomic E-state index is 0.0166. The van der Waals surface area contributed by atoms with E-state index in [2.05, 4.69) is 4.90 Å². The SMILES string of the molecule is C[C@@H](N)C(=O)N1CCN(CC(C)(C)O)CC1. The van der Waals surface area contributed by atoms with Crippen LogP contribution in [0, 0.1) is 0 Å². The molecular weight excluding hydrogens is 206 g/mol. The summed E-state index contributed by atoms with van der Waals surface area (Å²) in [6, 6.07) is -0.416. The molecule has 1 amide bonds. The van der Waals surface area contributed by atoms with E-state index in [9.17, 15) is 9.90 Å². The number of rotatable bonds is 3. The zero-order valence-electron chi connectivity index (χ0n) is 10.4. The van der Waals surface area contributed by atoms with E-state index in [4.69, 9.17) is 5.73 Å². The first-order chi connectivity index (χ1) is 7.29. The zero-order chi connectivity index (χ0) is 12.3. The molecular formula is C11H23N3O2. The molecule has 5 nitrogen and oxygen atoms in total. The molecule has 16 heavy (non-hydrogen) atoms. The summed E-state index contributed by atoms with van der Waals surface area (Å²) >= 11 is 0. The van der Waals surface area contributed by atoms with Gasteiger partial charge in [-0.05, 0) is 20.8 Å². The van der Waals surface area contributed by atoms with Gasteiger partial charge >= 0.3 is 0 Å². The predicted octanol–water partition coefficient (Wildman–Crippen LogP) is -0.751. The van der Waals surface area contributed by atoms with Gasteiger partial charge in [-0.25, -0.2) is 0 Å². The molecule has 0 aromatic heterocycles. The van der Waals surface area contributed by atoms with Crippen LogP contribution in [-0.2, 0) is 4.79 Å². The number of carbonyl (C=O) groups excluding carboxylic acids is 1. The average Bonchev–Trinajstić information content (AvgIpc) is 2.15. The van der Waals surface area contributed by atoms with Crippen LogP contribution in [0.2, 0.25) is 0 Å². The van der Waals surface area contributed by atoms with Gasteiger partial charge in [-0.1, -0.05) is 0 Å². The van der Waals surface area contributed by atoms with Crippen molar-refractivity contribution >= 4 is 5.91 Å². The summed E-state index contributed by atoms with van der Waals surface area (Å²) < 4.78 is 0. The van der Waals surface area contributed by atoms with Crippen LogP contribution in [0.15, 0.2) is 0 Å². The van der Waals surface area contributed by atoms with Crippen molar-refractivity contribution in [2.24, 2.45) is 5.73 Å². The van der Waals surface area contributed by atoms with Crippen molar-refractivity contribution in [2.75, 3.05) is 32.7 Å². The van der Waals surface area contributed by atoms with E-state index in [1.807, 2.05) is 0 Å². The Balaban J connectivity index is 2.37. The van der Waals surface area contributed by atoms with Crippen molar-refractivity contribution in [1.82, 2.24) is 9.80 Å². The summed E-state index contributed by atoms with van der Waals surface area (Å²) in [6.45, 7) is 8.98. The molecule has 0 unspecified atom stereocenters. The molecule has 0 saturated carbocycles. The van der Waals surface area contributed by atoms with E-state index in [0.717, 1.165) is 13.1 Å². The second-order valence-electron chi connectivity index (χ2n) is 5.20. The van der Waals surface area contributed by atoms with Crippen LogP contribution < -0.4 is 5.73 Å². The molecule has 1 rings (SSSR count). The minimum Gasteiger partial charge on any atom is -0.389 e. The molecule has 0 spiro atoms. The number of hydrogen-bond acceptors (Lipinski definition) is 4. The molecule has 1 fully saturated rings. The fraction of sp³-hybridized carbons (Fsp3) is 0.909. The quantitative estimate of drug-likeness (QED) is 0.668.